The number of nitrogens with one attached hydrogen (secondary N) is 1. The summed E-state index contributed by atoms with van der Waals surface area (Å²) in [7, 11) is -3.58. The fourth-order valence-electron chi connectivity index (χ4n) is 2.89. The highest BCUT2D eigenvalue weighted by atomic mass is 32.2. The first-order chi connectivity index (χ1) is 12.3. The molecule has 26 heavy (non-hydrogen) atoms. The molecule has 2 aromatic carbocycles. The summed E-state index contributed by atoms with van der Waals surface area (Å²) >= 11 is 0. The Morgan fingerprint density at radius 2 is 1.58 bits per heavy atom. The lowest BCUT2D eigenvalue weighted by Crippen LogP contribution is -2.36. The minimum Gasteiger partial charge on any atom is -0.208 e. The molecule has 0 spiro atoms. The molecule has 0 saturated carbocycles. The monoisotopic (exact) mass is 377 g/mol. The molecule has 0 amide bonds. The maximum absolute atomic E-state index is 13.1. The van der Waals surface area contributed by atoms with Gasteiger partial charge in [0.1, 0.15) is 5.82 Å². The number of aryl methyl sites for hydroxylation is 1. The molecule has 0 aliphatic carbocycles. The average Bonchev–Trinajstić information content (AvgIpc) is 2.56. The maximum atomic E-state index is 13.1. The fraction of sp³-hybridized carbons (Fsp3) is 0.429. The average molecular weight is 378 g/mol. The third-order valence-electron chi connectivity index (χ3n) is 4.38. The van der Waals surface area contributed by atoms with Crippen LogP contribution in [0.15, 0.2) is 53.4 Å². The van der Waals surface area contributed by atoms with Gasteiger partial charge >= 0.3 is 0 Å². The maximum Gasteiger partial charge on any atom is 0.240 e. The van der Waals surface area contributed by atoms with Crippen LogP contribution in [0.5, 0.6) is 0 Å². The molecule has 0 aliphatic heterocycles. The second-order valence-corrected chi connectivity index (χ2v) is 9.00. The molecule has 1 N–H and O–H groups in total. The van der Waals surface area contributed by atoms with Crippen LogP contribution in [-0.2, 0) is 16.4 Å². The zero-order chi connectivity index (χ0) is 19.2. The van der Waals surface area contributed by atoms with Gasteiger partial charge in [0.15, 0.2) is 0 Å². The Hall–Kier alpha value is -1.72. The molecule has 142 valence electrons. The van der Waals surface area contributed by atoms with Crippen molar-refractivity contribution in [3.63, 3.8) is 0 Å². The quantitative estimate of drug-likeness (QED) is 0.679. The van der Waals surface area contributed by atoms with E-state index >= 15 is 0 Å². The van der Waals surface area contributed by atoms with Crippen molar-refractivity contribution in [3.05, 3.63) is 65.5 Å². The predicted octanol–water partition coefficient (Wildman–Crippen LogP) is 4.85. The van der Waals surface area contributed by atoms with Crippen LogP contribution in [0.4, 0.5) is 4.39 Å². The van der Waals surface area contributed by atoms with Gasteiger partial charge in [-0.25, -0.2) is 17.5 Å². The lowest BCUT2D eigenvalue weighted by Gasteiger charge is -2.20. The summed E-state index contributed by atoms with van der Waals surface area (Å²) in [6.45, 7) is 6.24. The van der Waals surface area contributed by atoms with Crippen molar-refractivity contribution in [2.24, 2.45) is 5.92 Å². The minimum absolute atomic E-state index is 0.217. The van der Waals surface area contributed by atoms with E-state index in [2.05, 4.69) is 18.6 Å². The van der Waals surface area contributed by atoms with Crippen LogP contribution >= 0.6 is 0 Å². The van der Waals surface area contributed by atoms with E-state index in [4.69, 9.17) is 0 Å². The molecule has 0 aliphatic rings. The number of hydrogen-bond acceptors (Lipinski definition) is 2. The zero-order valence-corrected chi connectivity index (χ0v) is 16.5. The van der Waals surface area contributed by atoms with Gasteiger partial charge in [-0.3, -0.25) is 0 Å². The van der Waals surface area contributed by atoms with Crippen LogP contribution in [0.3, 0.4) is 0 Å². The summed E-state index contributed by atoms with van der Waals surface area (Å²) in [5.74, 6) is 0.292. The Kier molecular flexibility index (Phi) is 7.35. The van der Waals surface area contributed by atoms with Crippen molar-refractivity contribution in [1.82, 2.24) is 4.72 Å². The molecule has 5 heteroatoms. The lowest BCUT2D eigenvalue weighted by molar-refractivity contribution is 0.469. The third-order valence-corrected chi connectivity index (χ3v) is 5.92. The highest BCUT2D eigenvalue weighted by Crippen LogP contribution is 2.17. The Bertz CT molecular complexity index is 784. The minimum atomic E-state index is -3.58. The third kappa shape index (κ3) is 6.54. The molecule has 3 nitrogen and oxygen atoms in total. The van der Waals surface area contributed by atoms with E-state index in [-0.39, 0.29) is 16.8 Å². The number of sulfonamides is 1. The van der Waals surface area contributed by atoms with Gasteiger partial charge in [0.05, 0.1) is 4.90 Å². The molecular weight excluding hydrogens is 349 g/mol. The topological polar surface area (TPSA) is 46.2 Å². The standard InChI is InChI=1S/C21H28FNO2S/c1-16(2)5-4-6-20(15-18-9-11-19(22)12-10-18)23-26(24,25)21-13-7-17(3)8-14-21/h7-14,16,20,23H,4-6,15H2,1-3H3. The molecule has 2 rings (SSSR count). The lowest BCUT2D eigenvalue weighted by atomic mass is 9.99. The molecule has 1 atom stereocenters. The van der Waals surface area contributed by atoms with E-state index in [1.807, 2.05) is 6.92 Å². The molecule has 0 saturated heterocycles. The van der Waals surface area contributed by atoms with Gasteiger partial charge in [0.2, 0.25) is 10.0 Å². The first-order valence-corrected chi connectivity index (χ1v) is 10.6. The summed E-state index contributed by atoms with van der Waals surface area (Å²) in [6.07, 6.45) is 3.29. The van der Waals surface area contributed by atoms with Gasteiger partial charge in [0.25, 0.3) is 0 Å². The highest BCUT2D eigenvalue weighted by molar-refractivity contribution is 7.89. The van der Waals surface area contributed by atoms with Gasteiger partial charge < -0.3 is 0 Å². The molecular formula is C21H28FNO2S. The van der Waals surface area contributed by atoms with Crippen LogP contribution in [0, 0.1) is 18.7 Å². The van der Waals surface area contributed by atoms with E-state index in [0.717, 1.165) is 30.4 Å². The van der Waals surface area contributed by atoms with Gasteiger partial charge in [0, 0.05) is 6.04 Å². The van der Waals surface area contributed by atoms with E-state index in [1.165, 1.54) is 12.1 Å². The fourth-order valence-corrected chi connectivity index (χ4v) is 4.16. The first kappa shape index (κ1) is 20.6. The van der Waals surface area contributed by atoms with Crippen molar-refractivity contribution in [2.45, 2.75) is 57.4 Å². The van der Waals surface area contributed by atoms with Gasteiger partial charge in [-0.1, -0.05) is 56.5 Å². The Labute approximate surface area is 156 Å². The largest absolute Gasteiger partial charge is 0.240 e. The van der Waals surface area contributed by atoms with E-state index in [0.29, 0.717) is 12.3 Å². The first-order valence-electron chi connectivity index (χ1n) is 9.09. The van der Waals surface area contributed by atoms with Crippen molar-refractivity contribution in [3.8, 4) is 0 Å². The van der Waals surface area contributed by atoms with Crippen LogP contribution in [0.25, 0.3) is 0 Å². The van der Waals surface area contributed by atoms with Crippen LogP contribution < -0.4 is 4.72 Å². The van der Waals surface area contributed by atoms with Crippen LogP contribution in [0.2, 0.25) is 0 Å². The van der Waals surface area contributed by atoms with Crippen molar-refractivity contribution < 1.29 is 12.8 Å². The normalized spacial score (nSPS) is 13.1. The number of benzene rings is 2. The van der Waals surface area contributed by atoms with Gasteiger partial charge in [-0.05, 0) is 55.5 Å². The Balaban J connectivity index is 2.13. The summed E-state index contributed by atoms with van der Waals surface area (Å²) < 4.78 is 41.4. The summed E-state index contributed by atoms with van der Waals surface area (Å²) in [5, 5.41) is 0. The second kappa shape index (κ2) is 9.28. The SMILES string of the molecule is Cc1ccc(S(=O)(=O)NC(CCCC(C)C)Cc2ccc(F)cc2)cc1. The van der Waals surface area contributed by atoms with Crippen molar-refractivity contribution in [2.75, 3.05) is 0 Å². The zero-order valence-electron chi connectivity index (χ0n) is 15.7. The van der Waals surface area contributed by atoms with Gasteiger partial charge in [-0.15, -0.1) is 0 Å². The Morgan fingerprint density at radius 1 is 0.962 bits per heavy atom. The van der Waals surface area contributed by atoms with E-state index in [1.54, 1.807) is 36.4 Å². The molecule has 0 radical (unpaired) electrons. The Morgan fingerprint density at radius 3 is 2.15 bits per heavy atom. The number of hydrogen-bond donors (Lipinski definition) is 1. The number of rotatable bonds is 9. The highest BCUT2D eigenvalue weighted by Gasteiger charge is 2.20. The summed E-state index contributed by atoms with van der Waals surface area (Å²) in [5.41, 5.74) is 1.94. The number of halogens is 1. The molecule has 2 aromatic rings. The van der Waals surface area contributed by atoms with Crippen LogP contribution in [-0.4, -0.2) is 14.5 Å². The second-order valence-electron chi connectivity index (χ2n) is 7.29. The van der Waals surface area contributed by atoms with E-state index in [9.17, 15) is 12.8 Å². The molecule has 1 unspecified atom stereocenters. The molecule has 0 fully saturated rings. The molecule has 0 aromatic heterocycles. The smallest absolute Gasteiger partial charge is 0.208 e. The molecule has 0 heterocycles. The summed E-state index contributed by atoms with van der Waals surface area (Å²) in [6, 6.07) is 12.9. The van der Waals surface area contributed by atoms with Crippen molar-refractivity contribution in [1.29, 1.82) is 0 Å². The van der Waals surface area contributed by atoms with Crippen LogP contribution in [0.1, 0.15) is 44.2 Å². The van der Waals surface area contributed by atoms with Crippen molar-refractivity contribution >= 4 is 10.0 Å². The van der Waals surface area contributed by atoms with E-state index < -0.39 is 10.0 Å². The predicted molar refractivity (Wildman–Crippen MR) is 104 cm³/mol. The summed E-state index contributed by atoms with van der Waals surface area (Å²) in [4.78, 5) is 0.274. The van der Waals surface area contributed by atoms with Gasteiger partial charge in [-0.2, -0.15) is 0 Å². The molecule has 0 bridgehead atoms.